The quantitative estimate of drug-likeness (QED) is 0.809. The zero-order valence-electron chi connectivity index (χ0n) is 9.72. The Kier molecular flexibility index (Phi) is 4.28. The molecule has 2 aromatic rings. The molecular formula is C12H11ClN2O2S. The third-order valence-corrected chi connectivity index (χ3v) is 3.53. The van der Waals surface area contributed by atoms with Crippen molar-refractivity contribution >= 4 is 28.9 Å². The third-order valence-electron chi connectivity index (χ3n) is 2.33. The van der Waals surface area contributed by atoms with Gasteiger partial charge in [0, 0.05) is 18.0 Å². The van der Waals surface area contributed by atoms with Crippen molar-refractivity contribution in [2.24, 2.45) is 0 Å². The Bertz CT molecular complexity index is 557. The van der Waals surface area contributed by atoms with Crippen LogP contribution in [0.4, 0.5) is 0 Å². The third kappa shape index (κ3) is 3.05. The summed E-state index contributed by atoms with van der Waals surface area (Å²) in [5, 5.41) is 3.25. The van der Waals surface area contributed by atoms with E-state index in [1.54, 1.807) is 18.3 Å². The van der Waals surface area contributed by atoms with Crippen molar-refractivity contribution in [3.8, 4) is 10.7 Å². The fourth-order valence-electron chi connectivity index (χ4n) is 1.41. The number of carbonyl (C=O) groups excluding carboxylic acids is 1. The summed E-state index contributed by atoms with van der Waals surface area (Å²) in [5.74, 6) is -0.236. The van der Waals surface area contributed by atoms with E-state index in [-0.39, 0.29) is 5.97 Å². The van der Waals surface area contributed by atoms with E-state index in [0.29, 0.717) is 23.6 Å². The number of methoxy groups -OCH3 is 1. The predicted octanol–water partition coefficient (Wildman–Crippen LogP) is 2.96. The van der Waals surface area contributed by atoms with Crippen molar-refractivity contribution in [2.45, 2.75) is 12.8 Å². The molecule has 4 nitrogen and oxygen atoms in total. The molecular weight excluding hydrogens is 272 g/mol. The van der Waals surface area contributed by atoms with Crippen LogP contribution in [-0.2, 0) is 16.0 Å². The maximum Gasteiger partial charge on any atom is 0.305 e. The fourth-order valence-corrected chi connectivity index (χ4v) is 2.54. The minimum absolute atomic E-state index is 0.236. The Morgan fingerprint density at radius 1 is 1.56 bits per heavy atom. The summed E-state index contributed by atoms with van der Waals surface area (Å²) < 4.78 is 4.59. The molecule has 94 valence electrons. The van der Waals surface area contributed by atoms with E-state index in [9.17, 15) is 4.79 Å². The maximum atomic E-state index is 11.0. The molecule has 0 atom stereocenters. The molecule has 0 amide bonds. The second kappa shape index (κ2) is 5.93. The van der Waals surface area contributed by atoms with Gasteiger partial charge in [-0.2, -0.15) is 0 Å². The average molecular weight is 283 g/mol. The highest BCUT2D eigenvalue weighted by Gasteiger charge is 2.10. The van der Waals surface area contributed by atoms with Gasteiger partial charge in [-0.25, -0.2) is 4.98 Å². The molecule has 0 unspecified atom stereocenters. The number of thiazole rings is 1. The molecule has 0 aliphatic heterocycles. The molecule has 2 heterocycles. The first-order valence-electron chi connectivity index (χ1n) is 5.33. The highest BCUT2D eigenvalue weighted by Crippen LogP contribution is 2.28. The first-order chi connectivity index (χ1) is 8.70. The number of rotatable bonds is 4. The summed E-state index contributed by atoms with van der Waals surface area (Å²) in [4.78, 5) is 19.6. The molecule has 6 heteroatoms. The summed E-state index contributed by atoms with van der Waals surface area (Å²) in [6, 6.07) is 3.55. The maximum absolute atomic E-state index is 11.0. The van der Waals surface area contributed by atoms with Crippen LogP contribution in [0.15, 0.2) is 23.7 Å². The van der Waals surface area contributed by atoms with Gasteiger partial charge in [-0.1, -0.05) is 11.6 Å². The molecule has 0 fully saturated rings. The minimum Gasteiger partial charge on any atom is -0.469 e. The van der Waals surface area contributed by atoms with Crippen molar-refractivity contribution in [3.05, 3.63) is 34.4 Å². The van der Waals surface area contributed by atoms with Gasteiger partial charge in [0.25, 0.3) is 0 Å². The number of aromatic nitrogens is 2. The largest absolute Gasteiger partial charge is 0.469 e. The van der Waals surface area contributed by atoms with Crippen LogP contribution >= 0.6 is 22.9 Å². The summed E-state index contributed by atoms with van der Waals surface area (Å²) in [6.07, 6.45) is 2.57. The second-order valence-electron chi connectivity index (χ2n) is 3.55. The van der Waals surface area contributed by atoms with Gasteiger partial charge in [0.15, 0.2) is 0 Å². The van der Waals surface area contributed by atoms with Gasteiger partial charge >= 0.3 is 5.97 Å². The van der Waals surface area contributed by atoms with Crippen molar-refractivity contribution in [1.29, 1.82) is 0 Å². The number of pyridine rings is 1. The highest BCUT2D eigenvalue weighted by atomic mass is 35.5. The summed E-state index contributed by atoms with van der Waals surface area (Å²) in [7, 11) is 1.38. The number of halogens is 1. The molecule has 0 saturated heterocycles. The molecule has 0 spiro atoms. The van der Waals surface area contributed by atoms with Crippen LogP contribution in [0.1, 0.15) is 12.1 Å². The fraction of sp³-hybridized carbons (Fsp3) is 0.250. The molecule has 18 heavy (non-hydrogen) atoms. The summed E-state index contributed by atoms with van der Waals surface area (Å²) in [5.41, 5.74) is 1.52. The SMILES string of the molecule is COC(=O)CCc1csc(-c2ncccc2Cl)n1. The number of carbonyl (C=O) groups is 1. The summed E-state index contributed by atoms with van der Waals surface area (Å²) in [6.45, 7) is 0. The zero-order valence-corrected chi connectivity index (χ0v) is 11.3. The van der Waals surface area contributed by atoms with Crippen LogP contribution in [0.25, 0.3) is 10.7 Å². The van der Waals surface area contributed by atoms with Crippen LogP contribution in [0.2, 0.25) is 5.02 Å². The Morgan fingerprint density at radius 2 is 2.39 bits per heavy atom. The molecule has 0 saturated carbocycles. The van der Waals surface area contributed by atoms with Crippen molar-refractivity contribution < 1.29 is 9.53 Å². The topological polar surface area (TPSA) is 52.1 Å². The molecule has 0 aromatic carbocycles. The lowest BCUT2D eigenvalue weighted by atomic mass is 10.2. The first kappa shape index (κ1) is 13.0. The Balaban J connectivity index is 2.11. The van der Waals surface area contributed by atoms with Gasteiger partial charge in [-0.15, -0.1) is 11.3 Å². The van der Waals surface area contributed by atoms with Crippen molar-refractivity contribution in [3.63, 3.8) is 0 Å². The molecule has 2 rings (SSSR count). The van der Waals surface area contributed by atoms with Gasteiger partial charge in [0.1, 0.15) is 10.7 Å². The number of hydrogen-bond acceptors (Lipinski definition) is 5. The van der Waals surface area contributed by atoms with Gasteiger partial charge in [0.2, 0.25) is 0 Å². The van der Waals surface area contributed by atoms with Crippen LogP contribution in [0.5, 0.6) is 0 Å². The van der Waals surface area contributed by atoms with E-state index >= 15 is 0 Å². The Labute approximate surface area is 114 Å². The lowest BCUT2D eigenvalue weighted by molar-refractivity contribution is -0.140. The minimum atomic E-state index is -0.236. The van der Waals surface area contributed by atoms with E-state index in [1.807, 2.05) is 5.38 Å². The highest BCUT2D eigenvalue weighted by molar-refractivity contribution is 7.13. The number of nitrogens with zero attached hydrogens (tertiary/aromatic N) is 2. The summed E-state index contributed by atoms with van der Waals surface area (Å²) >= 11 is 7.51. The van der Waals surface area contributed by atoms with Crippen molar-refractivity contribution in [1.82, 2.24) is 9.97 Å². The number of hydrogen-bond donors (Lipinski definition) is 0. The smallest absolute Gasteiger partial charge is 0.305 e. The van der Waals surface area contributed by atoms with Gasteiger partial charge in [0.05, 0.1) is 24.2 Å². The van der Waals surface area contributed by atoms with Gasteiger partial charge in [-0.3, -0.25) is 9.78 Å². The van der Waals surface area contributed by atoms with Crippen LogP contribution in [0, 0.1) is 0 Å². The lowest BCUT2D eigenvalue weighted by Crippen LogP contribution is -2.01. The molecule has 0 N–H and O–H groups in total. The van der Waals surface area contributed by atoms with Crippen LogP contribution in [0.3, 0.4) is 0 Å². The normalized spacial score (nSPS) is 10.3. The Morgan fingerprint density at radius 3 is 3.11 bits per heavy atom. The second-order valence-corrected chi connectivity index (χ2v) is 4.82. The average Bonchev–Trinajstić information content (AvgIpc) is 2.85. The number of esters is 1. The van der Waals surface area contributed by atoms with E-state index in [0.717, 1.165) is 10.7 Å². The number of ether oxygens (including phenoxy) is 1. The molecule has 0 radical (unpaired) electrons. The monoisotopic (exact) mass is 282 g/mol. The van der Waals surface area contributed by atoms with E-state index in [4.69, 9.17) is 11.6 Å². The number of aryl methyl sites for hydroxylation is 1. The van der Waals surface area contributed by atoms with E-state index in [2.05, 4.69) is 14.7 Å². The van der Waals surface area contributed by atoms with E-state index < -0.39 is 0 Å². The first-order valence-corrected chi connectivity index (χ1v) is 6.58. The van der Waals surface area contributed by atoms with Crippen LogP contribution in [-0.4, -0.2) is 23.0 Å². The zero-order chi connectivity index (χ0) is 13.0. The molecule has 0 aliphatic carbocycles. The van der Waals surface area contributed by atoms with E-state index in [1.165, 1.54) is 18.4 Å². The molecule has 0 aliphatic rings. The van der Waals surface area contributed by atoms with Crippen LogP contribution < -0.4 is 0 Å². The lowest BCUT2D eigenvalue weighted by Gasteiger charge is -1.98. The Hall–Kier alpha value is -1.46. The van der Waals surface area contributed by atoms with Gasteiger partial charge in [-0.05, 0) is 12.1 Å². The standard InChI is InChI=1S/C12H11ClN2O2S/c1-17-10(16)5-4-8-7-18-12(15-8)11-9(13)3-2-6-14-11/h2-3,6-7H,4-5H2,1H3. The molecule has 2 aromatic heterocycles. The van der Waals surface area contributed by atoms with Gasteiger partial charge < -0.3 is 4.74 Å². The van der Waals surface area contributed by atoms with Crippen molar-refractivity contribution in [2.75, 3.05) is 7.11 Å². The predicted molar refractivity (Wildman–Crippen MR) is 70.7 cm³/mol. The molecule has 0 bridgehead atoms.